The molecule has 0 aliphatic carbocycles. The Labute approximate surface area is 202 Å². The van der Waals surface area contributed by atoms with Crippen molar-refractivity contribution in [3.05, 3.63) is 80.0 Å². The first-order valence-electron chi connectivity index (χ1n) is 10.3. The van der Waals surface area contributed by atoms with Gasteiger partial charge in [0, 0.05) is 35.1 Å². The lowest BCUT2D eigenvalue weighted by molar-refractivity contribution is -0.384. The molecule has 0 atom stereocenters. The predicted molar refractivity (Wildman–Crippen MR) is 130 cm³/mol. The molecule has 0 spiro atoms. The van der Waals surface area contributed by atoms with Crippen LogP contribution in [0.3, 0.4) is 0 Å². The molecule has 1 amide bonds. The van der Waals surface area contributed by atoms with Gasteiger partial charge in [0.25, 0.3) is 5.69 Å². The lowest BCUT2D eigenvalue weighted by atomic mass is 10.2. The molecule has 0 fully saturated rings. The smallest absolute Gasteiger partial charge is 0.269 e. The summed E-state index contributed by atoms with van der Waals surface area (Å²) in [6, 6.07) is 13.7. The van der Waals surface area contributed by atoms with Crippen LogP contribution in [0.5, 0.6) is 5.75 Å². The molecule has 2 aromatic carbocycles. The number of carbonyl (C=O) groups excluding carboxylic acids is 1. The van der Waals surface area contributed by atoms with E-state index in [0.29, 0.717) is 27.7 Å². The van der Waals surface area contributed by atoms with Crippen molar-refractivity contribution in [3.8, 4) is 17.5 Å². The number of hydrogen-bond donors (Lipinski definition) is 1. The third-order valence-corrected chi connectivity index (χ3v) is 5.88. The van der Waals surface area contributed by atoms with E-state index in [-0.39, 0.29) is 24.7 Å². The van der Waals surface area contributed by atoms with Crippen molar-refractivity contribution < 1.29 is 14.5 Å². The summed E-state index contributed by atoms with van der Waals surface area (Å²) in [6.45, 7) is 3.93. The first-order chi connectivity index (χ1) is 16.2. The van der Waals surface area contributed by atoms with Crippen molar-refractivity contribution in [2.24, 2.45) is 0 Å². The number of nitrogens with zero attached hydrogens (tertiary/aromatic N) is 4. The Hall–Kier alpha value is -3.87. The van der Waals surface area contributed by atoms with Gasteiger partial charge in [-0.15, -0.1) is 0 Å². The average Bonchev–Trinajstić information content (AvgIpc) is 3.03. The van der Waals surface area contributed by atoms with Crippen molar-refractivity contribution in [1.29, 1.82) is 5.26 Å². The maximum Gasteiger partial charge on any atom is 0.269 e. The maximum atomic E-state index is 12.9. The Kier molecular flexibility index (Phi) is 7.56. The molecule has 10 heteroatoms. The summed E-state index contributed by atoms with van der Waals surface area (Å²) in [5, 5.41) is 24.0. The van der Waals surface area contributed by atoms with Crippen LogP contribution in [0.2, 0.25) is 5.02 Å². The number of hydrogen-bond acceptors (Lipinski definition) is 6. The molecule has 3 rings (SSSR count). The molecule has 1 aromatic heterocycles. The van der Waals surface area contributed by atoms with Crippen LogP contribution in [-0.2, 0) is 11.3 Å². The fraction of sp³-hybridized carbons (Fsp3) is 0.250. The van der Waals surface area contributed by atoms with Gasteiger partial charge in [-0.1, -0.05) is 11.6 Å². The number of ether oxygens (including phenoxy) is 1. The van der Waals surface area contributed by atoms with Crippen molar-refractivity contribution in [3.63, 3.8) is 0 Å². The van der Waals surface area contributed by atoms with Gasteiger partial charge in [-0.05, 0) is 62.4 Å². The minimum absolute atomic E-state index is 0.0181. The Bertz CT molecular complexity index is 1280. The third-order valence-electron chi connectivity index (χ3n) is 5.51. The molecule has 1 N–H and O–H groups in total. The van der Waals surface area contributed by atoms with Crippen molar-refractivity contribution in [2.45, 2.75) is 20.4 Å². The van der Waals surface area contributed by atoms with Crippen molar-refractivity contribution >= 4 is 29.0 Å². The number of nitriles is 1. The van der Waals surface area contributed by atoms with E-state index in [0.717, 1.165) is 16.9 Å². The van der Waals surface area contributed by atoms with Crippen LogP contribution < -0.4 is 10.1 Å². The highest BCUT2D eigenvalue weighted by Gasteiger charge is 2.21. The summed E-state index contributed by atoms with van der Waals surface area (Å²) in [5.74, 6) is 0.736. The molecule has 176 valence electrons. The third kappa shape index (κ3) is 5.20. The molecule has 0 aliphatic heterocycles. The van der Waals surface area contributed by atoms with Gasteiger partial charge in [0.2, 0.25) is 5.91 Å². The second-order valence-electron chi connectivity index (χ2n) is 7.83. The number of carbonyl (C=O) groups is 1. The Morgan fingerprint density at radius 1 is 1.26 bits per heavy atom. The topological polar surface area (TPSA) is 113 Å². The van der Waals surface area contributed by atoms with E-state index >= 15 is 0 Å². The second-order valence-corrected chi connectivity index (χ2v) is 8.24. The Balaban J connectivity index is 1.83. The van der Waals surface area contributed by atoms with Crippen LogP contribution >= 0.6 is 11.6 Å². The highest BCUT2D eigenvalue weighted by Crippen LogP contribution is 2.31. The molecule has 1 heterocycles. The number of likely N-dealkylation sites (N-methyl/N-ethyl adjacent to an activating group) is 1. The minimum Gasteiger partial charge on any atom is -0.497 e. The number of methoxy groups -OCH3 is 1. The predicted octanol–water partition coefficient (Wildman–Crippen LogP) is 4.61. The molecule has 34 heavy (non-hydrogen) atoms. The van der Waals surface area contributed by atoms with Gasteiger partial charge in [0.15, 0.2) is 0 Å². The fourth-order valence-electron chi connectivity index (χ4n) is 3.67. The number of aromatic nitrogens is 1. The summed E-state index contributed by atoms with van der Waals surface area (Å²) in [4.78, 5) is 25.2. The molecule has 3 aromatic rings. The summed E-state index contributed by atoms with van der Waals surface area (Å²) in [6.07, 6.45) is 0. The molecule has 0 saturated carbocycles. The fourth-order valence-corrected chi connectivity index (χ4v) is 3.85. The van der Waals surface area contributed by atoms with Crippen LogP contribution in [-0.4, -0.2) is 41.0 Å². The van der Waals surface area contributed by atoms with Crippen molar-refractivity contribution in [2.75, 3.05) is 26.0 Å². The number of nitro groups is 1. The van der Waals surface area contributed by atoms with Gasteiger partial charge in [0.05, 0.1) is 24.1 Å². The SMILES string of the molecule is COc1ccc(-n2c(C)c(C)c(C#N)c2NC(=O)CN(C)Cc2cc([N+](=O)[O-])ccc2Cl)cc1. The Morgan fingerprint density at radius 2 is 1.94 bits per heavy atom. The number of rotatable bonds is 8. The van der Waals surface area contributed by atoms with Crippen LogP contribution in [0, 0.1) is 35.3 Å². The summed E-state index contributed by atoms with van der Waals surface area (Å²) in [5.41, 5.74) is 3.22. The first kappa shape index (κ1) is 24.8. The van der Waals surface area contributed by atoms with Crippen LogP contribution in [0.25, 0.3) is 5.69 Å². The van der Waals surface area contributed by atoms with Gasteiger partial charge in [-0.3, -0.25) is 24.4 Å². The molecular formula is C24H24ClN5O4. The number of halogens is 1. The maximum absolute atomic E-state index is 12.9. The monoisotopic (exact) mass is 481 g/mol. The number of benzene rings is 2. The van der Waals surface area contributed by atoms with E-state index in [9.17, 15) is 20.2 Å². The highest BCUT2D eigenvalue weighted by molar-refractivity contribution is 6.31. The lowest BCUT2D eigenvalue weighted by Gasteiger charge is -2.18. The summed E-state index contributed by atoms with van der Waals surface area (Å²) >= 11 is 6.18. The second kappa shape index (κ2) is 10.4. The molecule has 0 bridgehead atoms. The van der Waals surface area contributed by atoms with E-state index in [2.05, 4.69) is 11.4 Å². The average molecular weight is 482 g/mol. The van der Waals surface area contributed by atoms with E-state index in [4.69, 9.17) is 16.3 Å². The van der Waals surface area contributed by atoms with E-state index in [1.165, 1.54) is 18.2 Å². The van der Waals surface area contributed by atoms with Gasteiger partial charge < -0.3 is 10.1 Å². The number of nitro benzene ring substituents is 1. The highest BCUT2D eigenvalue weighted by atomic mass is 35.5. The molecule has 0 unspecified atom stereocenters. The van der Waals surface area contributed by atoms with Crippen LogP contribution in [0.1, 0.15) is 22.4 Å². The zero-order valence-corrected chi connectivity index (χ0v) is 20.0. The summed E-state index contributed by atoms with van der Waals surface area (Å²) in [7, 11) is 3.29. The lowest BCUT2D eigenvalue weighted by Crippen LogP contribution is -2.30. The molecule has 9 nitrogen and oxygen atoms in total. The van der Waals surface area contributed by atoms with Crippen molar-refractivity contribution in [1.82, 2.24) is 9.47 Å². The Morgan fingerprint density at radius 3 is 2.53 bits per heavy atom. The number of non-ortho nitro benzene ring substituents is 1. The number of anilines is 1. The quantitative estimate of drug-likeness (QED) is 0.371. The zero-order valence-electron chi connectivity index (χ0n) is 19.3. The number of amides is 1. The molecule has 0 aliphatic rings. The van der Waals surface area contributed by atoms with Gasteiger partial charge in [0.1, 0.15) is 17.6 Å². The number of nitrogens with one attached hydrogen (secondary N) is 1. The molecule has 0 radical (unpaired) electrons. The zero-order chi connectivity index (χ0) is 25.0. The van der Waals surface area contributed by atoms with E-state index < -0.39 is 4.92 Å². The van der Waals surface area contributed by atoms with Gasteiger partial charge in [-0.2, -0.15) is 5.26 Å². The van der Waals surface area contributed by atoms with Gasteiger partial charge >= 0.3 is 0 Å². The van der Waals surface area contributed by atoms with Crippen LogP contribution in [0.4, 0.5) is 11.5 Å². The normalized spacial score (nSPS) is 10.7. The summed E-state index contributed by atoms with van der Waals surface area (Å²) < 4.78 is 7.04. The largest absolute Gasteiger partial charge is 0.497 e. The standard InChI is InChI=1S/C24H24ClN5O4/c1-15-16(2)29(18-5-8-20(34-4)9-6-18)24(21(15)12-26)27-23(31)14-28(3)13-17-11-19(30(32)33)7-10-22(17)25/h5-11H,13-14H2,1-4H3,(H,27,31). The minimum atomic E-state index is -0.492. The first-order valence-corrected chi connectivity index (χ1v) is 10.7. The molecule has 0 saturated heterocycles. The van der Waals surface area contributed by atoms with Gasteiger partial charge in [-0.25, -0.2) is 0 Å². The van der Waals surface area contributed by atoms with E-state index in [1.807, 2.05) is 30.5 Å². The van der Waals surface area contributed by atoms with Crippen LogP contribution in [0.15, 0.2) is 42.5 Å². The van der Waals surface area contributed by atoms with E-state index in [1.54, 1.807) is 31.2 Å². The molecular weight excluding hydrogens is 458 g/mol.